The highest BCUT2D eigenvalue weighted by molar-refractivity contribution is 6.32. The molecule has 1 aliphatic heterocycles. The summed E-state index contributed by atoms with van der Waals surface area (Å²) in [6.07, 6.45) is 0.935. The fourth-order valence-electron chi connectivity index (χ4n) is 3.45. The lowest BCUT2D eigenvalue weighted by atomic mass is 10.1. The van der Waals surface area contributed by atoms with Crippen LogP contribution < -0.4 is 10.6 Å². The lowest BCUT2D eigenvalue weighted by Crippen LogP contribution is -2.46. The zero-order valence-electron chi connectivity index (χ0n) is 15.2. The summed E-state index contributed by atoms with van der Waals surface area (Å²) in [6.45, 7) is 1.92. The predicted molar refractivity (Wildman–Crippen MR) is 106 cm³/mol. The number of nitrogens with two attached hydrogens (primary N) is 1. The zero-order valence-corrected chi connectivity index (χ0v) is 15.9. The third kappa shape index (κ3) is 2.93. The van der Waals surface area contributed by atoms with Gasteiger partial charge in [0, 0.05) is 18.5 Å². The monoisotopic (exact) mass is 395 g/mol. The first-order valence-corrected chi connectivity index (χ1v) is 9.30. The minimum Gasteiger partial charge on any atom is -0.368 e. The highest BCUT2D eigenvalue weighted by Gasteiger charge is 2.39. The molecule has 28 heavy (non-hydrogen) atoms. The molecule has 4 rings (SSSR count). The average molecular weight is 396 g/mol. The number of hydrogen-bond donors (Lipinski definition) is 1. The number of benzene rings is 2. The number of carbonyl (C=O) groups excluding carboxylic acids is 2. The molecule has 0 saturated heterocycles. The van der Waals surface area contributed by atoms with Gasteiger partial charge in [-0.25, -0.2) is 9.67 Å². The molecule has 0 saturated carbocycles. The molecule has 2 heterocycles. The molecule has 0 unspecified atom stereocenters. The van der Waals surface area contributed by atoms with E-state index in [-0.39, 0.29) is 5.82 Å². The summed E-state index contributed by atoms with van der Waals surface area (Å²) in [5.74, 6) is -0.431. The Balaban J connectivity index is 1.78. The molecule has 0 aliphatic carbocycles. The van der Waals surface area contributed by atoms with E-state index >= 15 is 0 Å². The van der Waals surface area contributed by atoms with Gasteiger partial charge >= 0.3 is 0 Å². The fourth-order valence-corrected chi connectivity index (χ4v) is 3.67. The van der Waals surface area contributed by atoms with Crippen LogP contribution in [0.15, 0.2) is 48.5 Å². The SMILES string of the molecule is CCc1nc(C(=O)N2c3ccccc3C[C@H]2C(N)=O)nn1-c1ccccc1Cl. The second-order valence-corrected chi connectivity index (χ2v) is 6.90. The number of rotatable bonds is 4. The molecule has 7 nitrogen and oxygen atoms in total. The molecule has 1 aliphatic rings. The van der Waals surface area contributed by atoms with Crippen molar-refractivity contribution in [3.63, 3.8) is 0 Å². The number of aryl methyl sites for hydroxylation is 1. The average Bonchev–Trinajstić information content (AvgIpc) is 3.29. The van der Waals surface area contributed by atoms with Crippen molar-refractivity contribution >= 4 is 29.1 Å². The molecule has 0 bridgehead atoms. The van der Waals surface area contributed by atoms with Crippen LogP contribution in [0.2, 0.25) is 5.02 Å². The summed E-state index contributed by atoms with van der Waals surface area (Å²) in [4.78, 5) is 31.0. The van der Waals surface area contributed by atoms with Gasteiger partial charge < -0.3 is 5.73 Å². The smallest absolute Gasteiger partial charge is 0.298 e. The van der Waals surface area contributed by atoms with Crippen LogP contribution in [0.3, 0.4) is 0 Å². The van der Waals surface area contributed by atoms with Crippen LogP contribution in [0.5, 0.6) is 0 Å². The first-order valence-electron chi connectivity index (χ1n) is 8.93. The molecule has 0 fully saturated rings. The van der Waals surface area contributed by atoms with Crippen LogP contribution in [0, 0.1) is 0 Å². The van der Waals surface area contributed by atoms with E-state index in [0.717, 1.165) is 5.56 Å². The van der Waals surface area contributed by atoms with E-state index in [0.29, 0.717) is 35.1 Å². The number of para-hydroxylation sites is 2. The van der Waals surface area contributed by atoms with Crippen LogP contribution in [0.4, 0.5) is 5.69 Å². The molecule has 8 heteroatoms. The Bertz CT molecular complexity index is 1080. The highest BCUT2D eigenvalue weighted by Crippen LogP contribution is 2.33. The first kappa shape index (κ1) is 18.2. The van der Waals surface area contributed by atoms with Crippen molar-refractivity contribution in [2.75, 3.05) is 4.90 Å². The maximum absolute atomic E-state index is 13.3. The summed E-state index contributed by atoms with van der Waals surface area (Å²) in [5.41, 5.74) is 7.74. The molecule has 1 aromatic heterocycles. The predicted octanol–water partition coefficient (Wildman–Crippen LogP) is 2.54. The van der Waals surface area contributed by atoms with E-state index in [1.807, 2.05) is 43.3 Å². The Morgan fingerprint density at radius 1 is 1.14 bits per heavy atom. The summed E-state index contributed by atoms with van der Waals surface area (Å²) < 4.78 is 1.57. The van der Waals surface area contributed by atoms with E-state index in [2.05, 4.69) is 10.1 Å². The highest BCUT2D eigenvalue weighted by atomic mass is 35.5. The number of nitrogens with zero attached hydrogens (tertiary/aromatic N) is 4. The molecular weight excluding hydrogens is 378 g/mol. The molecule has 3 aromatic rings. The number of amides is 2. The van der Waals surface area contributed by atoms with E-state index < -0.39 is 17.9 Å². The van der Waals surface area contributed by atoms with Gasteiger partial charge in [0.1, 0.15) is 11.9 Å². The van der Waals surface area contributed by atoms with Crippen molar-refractivity contribution < 1.29 is 9.59 Å². The molecule has 2 amide bonds. The maximum Gasteiger partial charge on any atom is 0.298 e. The number of fused-ring (bicyclic) bond motifs is 1. The normalized spacial score (nSPS) is 15.5. The number of carbonyl (C=O) groups is 2. The Hall–Kier alpha value is -3.19. The van der Waals surface area contributed by atoms with Gasteiger partial charge in [-0.2, -0.15) is 0 Å². The lowest BCUT2D eigenvalue weighted by molar-refractivity contribution is -0.119. The topological polar surface area (TPSA) is 94.1 Å². The van der Waals surface area contributed by atoms with Gasteiger partial charge in [0.15, 0.2) is 0 Å². The Morgan fingerprint density at radius 3 is 2.50 bits per heavy atom. The van der Waals surface area contributed by atoms with Crippen LogP contribution in [-0.4, -0.2) is 32.6 Å². The minimum absolute atomic E-state index is 0.000257. The summed E-state index contributed by atoms with van der Waals surface area (Å²) >= 11 is 6.29. The molecule has 0 spiro atoms. The van der Waals surface area contributed by atoms with Crippen molar-refractivity contribution in [3.8, 4) is 5.69 Å². The van der Waals surface area contributed by atoms with Crippen molar-refractivity contribution in [3.05, 3.63) is 70.8 Å². The third-order valence-electron chi connectivity index (χ3n) is 4.79. The Labute approximate surface area is 166 Å². The van der Waals surface area contributed by atoms with Gasteiger partial charge in [0.2, 0.25) is 11.7 Å². The van der Waals surface area contributed by atoms with Gasteiger partial charge in [-0.1, -0.05) is 48.9 Å². The van der Waals surface area contributed by atoms with Crippen molar-refractivity contribution in [2.45, 2.75) is 25.8 Å². The standard InChI is InChI=1S/C20H18ClN5O2/c1-2-17-23-19(24-26(17)15-10-6-4-8-13(15)21)20(28)25-14-9-5-3-7-12(14)11-16(25)18(22)27/h3-10,16H,2,11H2,1H3,(H2,22,27)/t16-/m0/s1. The van der Waals surface area contributed by atoms with E-state index in [1.165, 1.54) is 4.90 Å². The van der Waals surface area contributed by atoms with Crippen LogP contribution in [0.25, 0.3) is 5.69 Å². The van der Waals surface area contributed by atoms with E-state index in [9.17, 15) is 9.59 Å². The van der Waals surface area contributed by atoms with Crippen LogP contribution in [0.1, 0.15) is 28.9 Å². The largest absolute Gasteiger partial charge is 0.368 e. The second-order valence-electron chi connectivity index (χ2n) is 6.49. The fraction of sp³-hybridized carbons (Fsp3) is 0.200. The van der Waals surface area contributed by atoms with E-state index in [4.69, 9.17) is 17.3 Å². The molecule has 0 radical (unpaired) electrons. The third-order valence-corrected chi connectivity index (χ3v) is 5.11. The van der Waals surface area contributed by atoms with Gasteiger partial charge in [0.05, 0.1) is 10.7 Å². The molecule has 2 N–H and O–H groups in total. The number of aromatic nitrogens is 3. The van der Waals surface area contributed by atoms with Crippen molar-refractivity contribution in [2.24, 2.45) is 5.73 Å². The molecule has 142 valence electrons. The van der Waals surface area contributed by atoms with Crippen molar-refractivity contribution in [1.82, 2.24) is 14.8 Å². The Kier molecular flexibility index (Phi) is 4.60. The first-order chi connectivity index (χ1) is 13.5. The maximum atomic E-state index is 13.3. The Morgan fingerprint density at radius 2 is 1.82 bits per heavy atom. The van der Waals surface area contributed by atoms with Gasteiger partial charge in [0.25, 0.3) is 5.91 Å². The lowest BCUT2D eigenvalue weighted by Gasteiger charge is -2.21. The quantitative estimate of drug-likeness (QED) is 0.734. The molecule has 2 aromatic carbocycles. The van der Waals surface area contributed by atoms with Gasteiger partial charge in [-0.05, 0) is 23.8 Å². The van der Waals surface area contributed by atoms with Gasteiger partial charge in [-0.3, -0.25) is 14.5 Å². The minimum atomic E-state index is -0.762. The molecular formula is C20H18ClN5O2. The van der Waals surface area contributed by atoms with E-state index in [1.54, 1.807) is 16.8 Å². The van der Waals surface area contributed by atoms with Crippen LogP contribution >= 0.6 is 11.6 Å². The van der Waals surface area contributed by atoms with Crippen LogP contribution in [-0.2, 0) is 17.6 Å². The molecule has 1 atom stereocenters. The zero-order chi connectivity index (χ0) is 19.8. The number of primary amides is 1. The summed E-state index contributed by atoms with van der Waals surface area (Å²) in [7, 11) is 0. The summed E-state index contributed by atoms with van der Waals surface area (Å²) in [6, 6.07) is 13.8. The number of halogens is 1. The van der Waals surface area contributed by atoms with Gasteiger partial charge in [-0.15, -0.1) is 5.10 Å². The number of hydrogen-bond acceptors (Lipinski definition) is 4. The number of anilines is 1. The summed E-state index contributed by atoms with van der Waals surface area (Å²) in [5, 5.41) is 4.90. The van der Waals surface area contributed by atoms with Crippen molar-refractivity contribution in [1.29, 1.82) is 0 Å². The second kappa shape index (κ2) is 7.09.